The third kappa shape index (κ3) is 5.19. The Kier molecular flexibility index (Phi) is 6.65. The van der Waals surface area contributed by atoms with Gasteiger partial charge in [-0.25, -0.2) is 4.79 Å². The first kappa shape index (κ1) is 20.4. The Balaban J connectivity index is 1.23. The molecule has 4 nitrogen and oxygen atoms in total. The first-order chi connectivity index (χ1) is 14.7. The summed E-state index contributed by atoms with van der Waals surface area (Å²) in [6.07, 6.45) is 2.88. The number of piperidine rings is 1. The minimum absolute atomic E-state index is 0.0387. The minimum atomic E-state index is 0.0387. The van der Waals surface area contributed by atoms with Gasteiger partial charge in [0.1, 0.15) is 0 Å². The molecule has 0 unspecified atom stereocenters. The van der Waals surface area contributed by atoms with E-state index in [0.29, 0.717) is 6.54 Å². The van der Waals surface area contributed by atoms with E-state index in [1.54, 1.807) is 0 Å². The van der Waals surface area contributed by atoms with Gasteiger partial charge in [0.2, 0.25) is 0 Å². The smallest absolute Gasteiger partial charge is 0.317 e. The Bertz CT molecular complexity index is 959. The lowest BCUT2D eigenvalue weighted by molar-refractivity contribution is 0.174. The van der Waals surface area contributed by atoms with Crippen molar-refractivity contribution in [2.75, 3.05) is 26.7 Å². The van der Waals surface area contributed by atoms with Crippen LogP contribution in [0, 0.1) is 0 Å². The number of rotatable bonds is 6. The number of nitrogens with zero attached hydrogens (tertiary/aromatic N) is 2. The van der Waals surface area contributed by atoms with Crippen molar-refractivity contribution in [1.29, 1.82) is 0 Å². The zero-order valence-electron chi connectivity index (χ0n) is 17.8. The van der Waals surface area contributed by atoms with Crippen LogP contribution >= 0.6 is 0 Å². The number of carbonyl (C=O) groups is 1. The molecule has 2 amide bonds. The van der Waals surface area contributed by atoms with Crippen molar-refractivity contribution >= 4 is 16.8 Å². The molecule has 0 saturated carbocycles. The van der Waals surface area contributed by atoms with Crippen LogP contribution < -0.4 is 5.32 Å². The van der Waals surface area contributed by atoms with E-state index in [1.807, 2.05) is 11.9 Å². The van der Waals surface area contributed by atoms with Crippen molar-refractivity contribution in [3.05, 3.63) is 83.9 Å². The summed E-state index contributed by atoms with van der Waals surface area (Å²) in [4.78, 5) is 17.0. The fraction of sp³-hybridized carbons (Fsp3) is 0.346. The standard InChI is InChI=1S/C26H31N3O/c1-28(17-14-23-12-7-11-22-10-5-6-13-25(22)23)26(30)27-24-15-18-29(19-16-24)20-21-8-3-2-4-9-21/h2-13,24H,14-20H2,1H3,(H,27,30). The van der Waals surface area contributed by atoms with Crippen molar-refractivity contribution in [3.63, 3.8) is 0 Å². The van der Waals surface area contributed by atoms with Gasteiger partial charge in [0.05, 0.1) is 0 Å². The molecule has 30 heavy (non-hydrogen) atoms. The van der Waals surface area contributed by atoms with Crippen LogP contribution in [0.2, 0.25) is 0 Å². The van der Waals surface area contributed by atoms with Gasteiger partial charge in [0.15, 0.2) is 0 Å². The van der Waals surface area contributed by atoms with Crippen LogP contribution in [0.4, 0.5) is 4.79 Å². The average molecular weight is 402 g/mol. The van der Waals surface area contributed by atoms with Crippen molar-refractivity contribution in [2.24, 2.45) is 0 Å². The molecule has 1 aliphatic rings. The normalized spacial score (nSPS) is 15.2. The second-order valence-electron chi connectivity index (χ2n) is 8.30. The first-order valence-electron chi connectivity index (χ1n) is 10.9. The molecule has 4 heteroatoms. The number of hydrogen-bond acceptors (Lipinski definition) is 2. The van der Waals surface area contributed by atoms with E-state index in [0.717, 1.165) is 38.9 Å². The largest absolute Gasteiger partial charge is 0.335 e. The van der Waals surface area contributed by atoms with Crippen LogP contribution in [0.1, 0.15) is 24.0 Å². The monoisotopic (exact) mass is 401 g/mol. The summed E-state index contributed by atoms with van der Waals surface area (Å²) in [6.45, 7) is 3.76. The molecule has 4 rings (SSSR count). The summed E-state index contributed by atoms with van der Waals surface area (Å²) in [5.41, 5.74) is 2.65. The van der Waals surface area contributed by atoms with Gasteiger partial charge in [-0.3, -0.25) is 4.90 Å². The molecule has 0 atom stereocenters. The highest BCUT2D eigenvalue weighted by molar-refractivity contribution is 5.85. The van der Waals surface area contributed by atoms with Crippen molar-refractivity contribution in [3.8, 4) is 0 Å². The van der Waals surface area contributed by atoms with Crippen molar-refractivity contribution in [2.45, 2.75) is 31.8 Å². The Labute approximate surface area is 179 Å². The van der Waals surface area contributed by atoms with E-state index >= 15 is 0 Å². The van der Waals surface area contributed by atoms with Crippen LogP contribution in [-0.4, -0.2) is 48.6 Å². The summed E-state index contributed by atoms with van der Waals surface area (Å²) in [7, 11) is 1.89. The van der Waals surface area contributed by atoms with E-state index in [2.05, 4.69) is 83.0 Å². The first-order valence-corrected chi connectivity index (χ1v) is 10.9. The van der Waals surface area contributed by atoms with E-state index in [4.69, 9.17) is 0 Å². The fourth-order valence-corrected chi connectivity index (χ4v) is 4.26. The quantitative estimate of drug-likeness (QED) is 0.650. The summed E-state index contributed by atoms with van der Waals surface area (Å²) in [5, 5.41) is 5.77. The van der Waals surface area contributed by atoms with Crippen LogP contribution in [-0.2, 0) is 13.0 Å². The number of urea groups is 1. The molecule has 0 aliphatic carbocycles. The predicted molar refractivity (Wildman–Crippen MR) is 124 cm³/mol. The van der Waals surface area contributed by atoms with Crippen LogP contribution in [0.3, 0.4) is 0 Å². The molecule has 1 N–H and O–H groups in total. The lowest BCUT2D eigenvalue weighted by Gasteiger charge is -2.33. The second-order valence-corrected chi connectivity index (χ2v) is 8.30. The fourth-order valence-electron chi connectivity index (χ4n) is 4.26. The highest BCUT2D eigenvalue weighted by Crippen LogP contribution is 2.19. The summed E-state index contributed by atoms with van der Waals surface area (Å²) in [5.74, 6) is 0. The third-order valence-corrected chi connectivity index (χ3v) is 6.11. The van der Waals surface area contributed by atoms with Gasteiger partial charge < -0.3 is 10.2 Å². The maximum Gasteiger partial charge on any atom is 0.317 e. The molecule has 1 saturated heterocycles. The van der Waals surface area contributed by atoms with Gasteiger partial charge in [-0.1, -0.05) is 72.8 Å². The van der Waals surface area contributed by atoms with Gasteiger partial charge >= 0.3 is 6.03 Å². The molecule has 1 aliphatic heterocycles. The molecule has 3 aromatic carbocycles. The Morgan fingerprint density at radius 2 is 1.67 bits per heavy atom. The molecule has 0 bridgehead atoms. The molecule has 3 aromatic rings. The molecule has 0 spiro atoms. The number of fused-ring (bicyclic) bond motifs is 1. The lowest BCUT2D eigenvalue weighted by atomic mass is 10.0. The number of benzene rings is 3. The van der Waals surface area contributed by atoms with E-state index < -0.39 is 0 Å². The van der Waals surface area contributed by atoms with Crippen molar-refractivity contribution in [1.82, 2.24) is 15.1 Å². The van der Waals surface area contributed by atoms with Crippen LogP contribution in [0.5, 0.6) is 0 Å². The summed E-state index contributed by atoms with van der Waals surface area (Å²) >= 11 is 0. The zero-order chi connectivity index (χ0) is 20.8. The van der Waals surface area contributed by atoms with Gasteiger partial charge in [0, 0.05) is 39.3 Å². The van der Waals surface area contributed by atoms with Crippen LogP contribution in [0.15, 0.2) is 72.8 Å². The van der Waals surface area contributed by atoms with Gasteiger partial charge in [-0.2, -0.15) is 0 Å². The molecular formula is C26H31N3O. The van der Waals surface area contributed by atoms with Crippen molar-refractivity contribution < 1.29 is 4.79 Å². The maximum atomic E-state index is 12.7. The molecule has 0 aromatic heterocycles. The highest BCUT2D eigenvalue weighted by Gasteiger charge is 2.22. The van der Waals surface area contributed by atoms with Crippen LogP contribution in [0.25, 0.3) is 10.8 Å². The maximum absolute atomic E-state index is 12.7. The Morgan fingerprint density at radius 1 is 0.967 bits per heavy atom. The number of likely N-dealkylation sites (N-methyl/N-ethyl adjacent to an activating group) is 1. The number of likely N-dealkylation sites (tertiary alicyclic amines) is 1. The predicted octanol–water partition coefficient (Wildman–Crippen LogP) is 4.69. The van der Waals surface area contributed by atoms with Gasteiger partial charge in [-0.05, 0) is 41.2 Å². The molecule has 0 radical (unpaired) electrons. The third-order valence-electron chi connectivity index (χ3n) is 6.11. The number of amides is 2. The number of nitrogens with one attached hydrogen (secondary N) is 1. The zero-order valence-corrected chi connectivity index (χ0v) is 17.8. The Morgan fingerprint density at radius 3 is 2.47 bits per heavy atom. The summed E-state index contributed by atoms with van der Waals surface area (Å²) < 4.78 is 0. The van der Waals surface area contributed by atoms with Gasteiger partial charge in [-0.15, -0.1) is 0 Å². The second kappa shape index (κ2) is 9.77. The lowest BCUT2D eigenvalue weighted by Crippen LogP contribution is -2.48. The number of carbonyl (C=O) groups excluding carboxylic acids is 1. The minimum Gasteiger partial charge on any atom is -0.335 e. The van der Waals surface area contributed by atoms with E-state index in [1.165, 1.54) is 21.9 Å². The SMILES string of the molecule is CN(CCc1cccc2ccccc12)C(=O)NC1CCN(Cc2ccccc2)CC1. The molecular weight excluding hydrogens is 370 g/mol. The topological polar surface area (TPSA) is 35.6 Å². The Hall–Kier alpha value is -2.85. The van der Waals surface area contributed by atoms with E-state index in [-0.39, 0.29) is 12.1 Å². The van der Waals surface area contributed by atoms with Gasteiger partial charge in [0.25, 0.3) is 0 Å². The highest BCUT2D eigenvalue weighted by atomic mass is 16.2. The molecule has 156 valence electrons. The molecule has 1 heterocycles. The average Bonchev–Trinajstić information content (AvgIpc) is 2.79. The summed E-state index contributed by atoms with van der Waals surface area (Å²) in [6, 6.07) is 25.8. The number of hydrogen-bond donors (Lipinski definition) is 1. The van der Waals surface area contributed by atoms with E-state index in [9.17, 15) is 4.79 Å². The molecule has 1 fully saturated rings.